The second-order valence-electron chi connectivity index (χ2n) is 6.59. The normalized spacial score (nSPS) is 10.8. The largest absolute Gasteiger partial charge is 0.495 e. The summed E-state index contributed by atoms with van der Waals surface area (Å²) in [6, 6.07) is 14.9. The molecule has 0 bridgehead atoms. The molecule has 7 heteroatoms. The number of halogens is 2. The average molecular weight is 433 g/mol. The predicted octanol–water partition coefficient (Wildman–Crippen LogP) is 4.56. The first kappa shape index (κ1) is 21.2. The topological polar surface area (TPSA) is 66.5 Å². The van der Waals surface area contributed by atoms with Gasteiger partial charge < -0.3 is 19.8 Å². The molecule has 0 aliphatic rings. The van der Waals surface area contributed by atoms with E-state index < -0.39 is 0 Å². The highest BCUT2D eigenvalue weighted by molar-refractivity contribution is 6.32. The van der Waals surface area contributed by atoms with Crippen molar-refractivity contribution in [2.24, 2.45) is 5.73 Å². The van der Waals surface area contributed by atoms with Crippen LogP contribution in [0.4, 0.5) is 0 Å². The summed E-state index contributed by atoms with van der Waals surface area (Å²) in [5.74, 6) is 0.934. The molecule has 2 N–H and O–H groups in total. The molecule has 0 aliphatic heterocycles. The smallest absolute Gasteiger partial charge is 0.273 e. The van der Waals surface area contributed by atoms with Crippen molar-refractivity contribution in [1.29, 1.82) is 0 Å². The first-order valence-corrected chi connectivity index (χ1v) is 9.82. The molecule has 2 aromatic carbocycles. The van der Waals surface area contributed by atoms with Crippen LogP contribution in [0.5, 0.6) is 11.5 Å². The second kappa shape index (κ2) is 9.35. The van der Waals surface area contributed by atoms with Crippen molar-refractivity contribution in [3.8, 4) is 11.5 Å². The summed E-state index contributed by atoms with van der Waals surface area (Å²) in [6.45, 7) is 2.87. The van der Waals surface area contributed by atoms with Gasteiger partial charge in [-0.1, -0.05) is 53.5 Å². The number of benzene rings is 2. The monoisotopic (exact) mass is 432 g/mol. The van der Waals surface area contributed by atoms with Crippen LogP contribution in [0.15, 0.2) is 53.3 Å². The fraction of sp³-hybridized carbons (Fsp3) is 0.227. The lowest BCUT2D eigenvalue weighted by Gasteiger charge is -2.16. The van der Waals surface area contributed by atoms with E-state index in [-0.39, 0.29) is 17.2 Å². The Morgan fingerprint density at radius 2 is 1.76 bits per heavy atom. The van der Waals surface area contributed by atoms with Crippen LogP contribution >= 0.6 is 23.2 Å². The number of nitrogens with two attached hydrogens (primary N) is 1. The minimum Gasteiger partial charge on any atom is -0.495 e. The fourth-order valence-corrected chi connectivity index (χ4v) is 3.55. The van der Waals surface area contributed by atoms with Gasteiger partial charge in [0.1, 0.15) is 23.1 Å². The Hall–Kier alpha value is -2.47. The summed E-state index contributed by atoms with van der Waals surface area (Å²) in [4.78, 5) is 12.8. The molecule has 0 amide bonds. The lowest BCUT2D eigenvalue weighted by atomic mass is 10.1. The third kappa shape index (κ3) is 4.75. The lowest BCUT2D eigenvalue weighted by molar-refractivity contribution is 0.303. The van der Waals surface area contributed by atoms with Gasteiger partial charge in [-0.05, 0) is 35.7 Å². The molecule has 0 spiro atoms. The average Bonchev–Trinajstić information content (AvgIpc) is 2.73. The van der Waals surface area contributed by atoms with Crippen LogP contribution in [0.3, 0.4) is 0 Å². The van der Waals surface area contributed by atoms with E-state index in [1.165, 1.54) is 0 Å². The van der Waals surface area contributed by atoms with Crippen molar-refractivity contribution in [2.45, 2.75) is 26.6 Å². The number of hydrogen-bond acceptors (Lipinski definition) is 4. The number of hydrogen-bond donors (Lipinski definition) is 1. The number of rotatable bonds is 7. The lowest BCUT2D eigenvalue weighted by Crippen LogP contribution is -2.24. The van der Waals surface area contributed by atoms with E-state index in [0.717, 1.165) is 22.4 Å². The van der Waals surface area contributed by atoms with Crippen LogP contribution in [0.1, 0.15) is 22.4 Å². The van der Waals surface area contributed by atoms with E-state index >= 15 is 0 Å². The number of aryl methyl sites for hydroxylation is 1. The SMILES string of the molecule is COc1ccc(Cn2c(C)cc(OCc3ccccc3CN)c(Cl)c2=O)cc1Cl. The summed E-state index contributed by atoms with van der Waals surface area (Å²) < 4.78 is 12.6. The van der Waals surface area contributed by atoms with Crippen LogP contribution < -0.4 is 20.8 Å². The molecule has 29 heavy (non-hydrogen) atoms. The van der Waals surface area contributed by atoms with E-state index in [2.05, 4.69) is 0 Å². The number of aromatic nitrogens is 1. The molecule has 0 unspecified atom stereocenters. The van der Waals surface area contributed by atoms with Crippen molar-refractivity contribution in [3.63, 3.8) is 0 Å². The zero-order chi connectivity index (χ0) is 21.0. The standard InChI is InChI=1S/C22H22Cl2N2O3/c1-14-9-20(29-13-17-6-4-3-5-16(17)11-25)21(24)22(27)26(14)12-15-7-8-19(28-2)18(23)10-15/h3-10H,11-13,25H2,1-2H3. The van der Waals surface area contributed by atoms with Gasteiger partial charge in [-0.15, -0.1) is 0 Å². The van der Waals surface area contributed by atoms with E-state index in [1.807, 2.05) is 37.3 Å². The molecule has 5 nitrogen and oxygen atoms in total. The maximum absolute atomic E-state index is 12.8. The van der Waals surface area contributed by atoms with Crippen molar-refractivity contribution >= 4 is 23.2 Å². The summed E-state index contributed by atoms with van der Waals surface area (Å²) in [6.07, 6.45) is 0. The van der Waals surface area contributed by atoms with E-state index in [4.69, 9.17) is 38.4 Å². The van der Waals surface area contributed by atoms with Crippen molar-refractivity contribution in [2.75, 3.05) is 7.11 Å². The van der Waals surface area contributed by atoms with Gasteiger partial charge in [-0.3, -0.25) is 4.79 Å². The zero-order valence-corrected chi connectivity index (χ0v) is 17.8. The van der Waals surface area contributed by atoms with Crippen LogP contribution in [0.2, 0.25) is 10.0 Å². The molecule has 3 rings (SSSR count). The third-order valence-corrected chi connectivity index (χ3v) is 5.34. The Kier molecular flexibility index (Phi) is 6.85. The van der Waals surface area contributed by atoms with Gasteiger partial charge in [0.15, 0.2) is 0 Å². The van der Waals surface area contributed by atoms with Crippen LogP contribution in [0.25, 0.3) is 0 Å². The Labute approximate surface area is 179 Å². The first-order valence-electron chi connectivity index (χ1n) is 9.06. The van der Waals surface area contributed by atoms with Gasteiger partial charge in [0.25, 0.3) is 5.56 Å². The first-order chi connectivity index (χ1) is 13.9. The maximum Gasteiger partial charge on any atom is 0.273 e. The minimum atomic E-state index is -0.319. The Morgan fingerprint density at radius 1 is 1.03 bits per heavy atom. The van der Waals surface area contributed by atoms with Gasteiger partial charge in [-0.25, -0.2) is 0 Å². The molecule has 0 fully saturated rings. The highest BCUT2D eigenvalue weighted by Crippen LogP contribution is 2.27. The molecular weight excluding hydrogens is 411 g/mol. The number of pyridine rings is 1. The molecule has 152 valence electrons. The zero-order valence-electron chi connectivity index (χ0n) is 16.2. The second-order valence-corrected chi connectivity index (χ2v) is 7.37. The van der Waals surface area contributed by atoms with Crippen LogP contribution in [0, 0.1) is 6.92 Å². The summed E-state index contributed by atoms with van der Waals surface area (Å²) in [7, 11) is 1.56. The quantitative estimate of drug-likeness (QED) is 0.594. The minimum absolute atomic E-state index is 0.0421. The molecular formula is C22H22Cl2N2O3. The van der Waals surface area contributed by atoms with Gasteiger partial charge >= 0.3 is 0 Å². The Bertz CT molecular complexity index is 1080. The van der Waals surface area contributed by atoms with Gasteiger partial charge in [-0.2, -0.15) is 0 Å². The highest BCUT2D eigenvalue weighted by atomic mass is 35.5. The van der Waals surface area contributed by atoms with Crippen molar-refractivity contribution < 1.29 is 9.47 Å². The van der Waals surface area contributed by atoms with E-state index in [9.17, 15) is 4.79 Å². The summed E-state index contributed by atoms with van der Waals surface area (Å²) in [5, 5.41) is 0.528. The Morgan fingerprint density at radius 3 is 2.41 bits per heavy atom. The number of nitrogens with zero attached hydrogens (tertiary/aromatic N) is 1. The van der Waals surface area contributed by atoms with Crippen molar-refractivity contribution in [1.82, 2.24) is 4.57 Å². The van der Waals surface area contributed by atoms with Gasteiger partial charge in [0.05, 0.1) is 18.7 Å². The molecule has 0 saturated carbocycles. The highest BCUT2D eigenvalue weighted by Gasteiger charge is 2.14. The van der Waals surface area contributed by atoms with E-state index in [1.54, 1.807) is 29.9 Å². The van der Waals surface area contributed by atoms with Crippen LogP contribution in [-0.2, 0) is 19.7 Å². The molecule has 3 aromatic rings. The molecule has 0 saturated heterocycles. The number of ether oxygens (including phenoxy) is 2. The molecule has 0 atom stereocenters. The molecule has 0 aliphatic carbocycles. The molecule has 0 radical (unpaired) electrons. The van der Waals surface area contributed by atoms with E-state index in [0.29, 0.717) is 29.6 Å². The molecule has 1 heterocycles. The predicted molar refractivity (Wildman–Crippen MR) is 116 cm³/mol. The summed E-state index contributed by atoms with van der Waals surface area (Å²) >= 11 is 12.5. The van der Waals surface area contributed by atoms with Gasteiger partial charge in [0.2, 0.25) is 0 Å². The third-order valence-electron chi connectivity index (χ3n) is 4.69. The fourth-order valence-electron chi connectivity index (χ4n) is 3.06. The maximum atomic E-state index is 12.8. The summed E-state index contributed by atoms with van der Waals surface area (Å²) in [5.41, 5.74) is 8.99. The van der Waals surface area contributed by atoms with Crippen LogP contribution in [-0.4, -0.2) is 11.7 Å². The number of methoxy groups -OCH3 is 1. The van der Waals surface area contributed by atoms with Crippen molar-refractivity contribution in [3.05, 3.63) is 91.3 Å². The Balaban J connectivity index is 1.84. The molecule has 1 aromatic heterocycles. The van der Waals surface area contributed by atoms with Gasteiger partial charge in [0, 0.05) is 18.3 Å².